The Morgan fingerprint density at radius 1 is 0.706 bits per heavy atom. The van der Waals surface area contributed by atoms with Gasteiger partial charge in [-0.05, 0) is 10.8 Å². The molecule has 80 valence electrons. The second-order valence-electron chi connectivity index (χ2n) is 2.76. The van der Waals surface area contributed by atoms with Gasteiger partial charge in [0.2, 0.25) is 0 Å². The summed E-state index contributed by atoms with van der Waals surface area (Å²) >= 11 is 0. The summed E-state index contributed by atoms with van der Waals surface area (Å²) < 4.78 is 34.1. The summed E-state index contributed by atoms with van der Waals surface area (Å²) in [6.45, 7) is 0. The molecule has 0 unspecified atom stereocenters. The van der Waals surface area contributed by atoms with E-state index in [4.69, 9.17) is 17.5 Å². The molecule has 0 aromatic heterocycles. The second-order valence-corrected chi connectivity index (χ2v) is 3.57. The molecule has 7 heteroatoms. The van der Waals surface area contributed by atoms with Gasteiger partial charge in [-0.25, -0.2) is 0 Å². The summed E-state index contributed by atoms with van der Waals surface area (Å²) in [5.41, 5.74) is 0. The maximum Gasteiger partial charge on any atom is 1.00 e. The molecule has 0 heterocycles. The summed E-state index contributed by atoms with van der Waals surface area (Å²) in [5.74, 6) is 0. The molecule has 0 radical (unpaired) electrons. The first-order valence-electron chi connectivity index (χ1n) is 4.07. The van der Waals surface area contributed by atoms with Crippen LogP contribution in [-0.4, -0.2) is 17.5 Å². The topological polar surface area (TPSA) is 80.3 Å². The molecule has 0 spiro atoms. The van der Waals surface area contributed by atoms with E-state index in [1.165, 1.54) is 10.8 Å². The van der Waals surface area contributed by atoms with Crippen LogP contribution < -0.4 is 103 Å². The van der Waals surface area contributed by atoms with Crippen LogP contribution in [0.1, 0.15) is 0 Å². The van der Waals surface area contributed by atoms with E-state index in [0.29, 0.717) is 0 Å². The predicted molar refractivity (Wildman–Crippen MR) is 54.4 cm³/mol. The Kier molecular flexibility index (Phi) is 13.2. The number of hydrogen-bond donors (Lipinski definition) is 0. The van der Waals surface area contributed by atoms with Gasteiger partial charge in [0.25, 0.3) is 0 Å². The van der Waals surface area contributed by atoms with Crippen LogP contribution in [0.2, 0.25) is 0 Å². The van der Waals surface area contributed by atoms with Crippen molar-refractivity contribution in [3.05, 3.63) is 48.5 Å². The number of fused-ring (bicyclic) bond motifs is 1. The van der Waals surface area contributed by atoms with E-state index in [1.807, 2.05) is 0 Å². The van der Waals surface area contributed by atoms with Crippen molar-refractivity contribution in [2.75, 3.05) is 0 Å². The van der Waals surface area contributed by atoms with E-state index in [9.17, 15) is 0 Å². The molecule has 0 aliphatic heterocycles. The van der Waals surface area contributed by atoms with Gasteiger partial charge < -0.3 is 9.11 Å². The third kappa shape index (κ3) is 11.4. The van der Waals surface area contributed by atoms with Crippen molar-refractivity contribution in [1.29, 1.82) is 0 Å². The first kappa shape index (κ1) is 21.1. The number of hydrogen-bond acceptors (Lipinski definition) is 4. The van der Waals surface area contributed by atoms with Gasteiger partial charge in [0.1, 0.15) is 0 Å². The molecule has 0 fully saturated rings. The average Bonchev–Trinajstić information content (AvgIpc) is 2.16. The minimum absolute atomic E-state index is 0. The summed E-state index contributed by atoms with van der Waals surface area (Å²) in [5, 5.41) is 2.62. The van der Waals surface area contributed by atoms with Crippen molar-refractivity contribution >= 4 is 21.2 Å². The molecular formula is C10H8K2O4S. The molecule has 0 saturated carbocycles. The summed E-state index contributed by atoms with van der Waals surface area (Å²) in [7, 11) is -5.17. The second kappa shape index (κ2) is 10.6. The fraction of sp³-hybridized carbons (Fsp3) is 0. The first-order valence-corrected chi connectivity index (χ1v) is 5.40. The zero-order valence-electron chi connectivity index (χ0n) is 9.66. The quantitative estimate of drug-likeness (QED) is 0.279. The van der Waals surface area contributed by atoms with Crippen molar-refractivity contribution in [3.63, 3.8) is 0 Å². The monoisotopic (exact) mass is 302 g/mol. The van der Waals surface area contributed by atoms with E-state index in [0.717, 1.165) is 0 Å². The Morgan fingerprint density at radius 3 is 1.06 bits per heavy atom. The minimum atomic E-state index is -5.17. The van der Waals surface area contributed by atoms with Crippen LogP contribution in [0.15, 0.2) is 48.5 Å². The Balaban J connectivity index is 0. The van der Waals surface area contributed by atoms with Crippen molar-refractivity contribution in [2.24, 2.45) is 0 Å². The van der Waals surface area contributed by atoms with Crippen LogP contribution >= 0.6 is 0 Å². The normalized spacial score (nSPS) is 9.29. The van der Waals surface area contributed by atoms with E-state index in [2.05, 4.69) is 48.5 Å². The fourth-order valence-electron chi connectivity index (χ4n) is 1.13. The molecule has 17 heavy (non-hydrogen) atoms. The minimum Gasteiger partial charge on any atom is -0.759 e. The first-order chi connectivity index (χ1) is 6.97. The summed E-state index contributed by atoms with van der Waals surface area (Å²) in [4.78, 5) is 0. The van der Waals surface area contributed by atoms with E-state index >= 15 is 0 Å². The number of benzene rings is 2. The summed E-state index contributed by atoms with van der Waals surface area (Å²) in [6, 6.07) is 16.7. The zero-order chi connectivity index (χ0) is 11.3. The van der Waals surface area contributed by atoms with Crippen LogP contribution in [-0.2, 0) is 10.4 Å². The molecule has 0 atom stereocenters. The van der Waals surface area contributed by atoms with Crippen molar-refractivity contribution in [3.8, 4) is 0 Å². The Hall–Kier alpha value is 1.84. The van der Waals surface area contributed by atoms with Gasteiger partial charge in [-0.3, -0.25) is 8.42 Å². The molecule has 0 amide bonds. The molecule has 0 N–H and O–H groups in total. The van der Waals surface area contributed by atoms with Gasteiger partial charge >= 0.3 is 103 Å². The predicted octanol–water partition coefficient (Wildman–Crippen LogP) is -4.49. The van der Waals surface area contributed by atoms with Gasteiger partial charge in [-0.15, -0.1) is 0 Å². The molecule has 2 aromatic rings. The summed E-state index contributed by atoms with van der Waals surface area (Å²) in [6.07, 6.45) is 0. The average molecular weight is 302 g/mol. The van der Waals surface area contributed by atoms with Crippen LogP contribution in [0.3, 0.4) is 0 Å². The molecule has 0 aliphatic carbocycles. The largest absolute Gasteiger partial charge is 1.00 e. The van der Waals surface area contributed by atoms with Gasteiger partial charge in [0.05, 0.1) is 0 Å². The molecule has 0 saturated heterocycles. The van der Waals surface area contributed by atoms with Crippen LogP contribution in [0, 0.1) is 0 Å². The number of rotatable bonds is 0. The zero-order valence-corrected chi connectivity index (χ0v) is 16.7. The SMILES string of the molecule is O=S(=O)([O-])[O-].[K+].[K+].c1ccc2ccccc2c1. The van der Waals surface area contributed by atoms with Gasteiger partial charge in [-0.2, -0.15) is 0 Å². The van der Waals surface area contributed by atoms with Gasteiger partial charge in [0.15, 0.2) is 0 Å². The third-order valence-electron chi connectivity index (χ3n) is 1.66. The van der Waals surface area contributed by atoms with Crippen molar-refractivity contribution in [1.82, 2.24) is 0 Å². The van der Waals surface area contributed by atoms with Crippen molar-refractivity contribution < 1.29 is 120 Å². The maximum atomic E-state index is 8.52. The van der Waals surface area contributed by atoms with Crippen molar-refractivity contribution in [2.45, 2.75) is 0 Å². The Bertz CT molecular complexity index is 469. The van der Waals surface area contributed by atoms with Crippen LogP contribution in [0.25, 0.3) is 10.8 Å². The molecule has 2 aromatic carbocycles. The van der Waals surface area contributed by atoms with Gasteiger partial charge in [-0.1, -0.05) is 48.5 Å². The molecule has 0 aliphatic rings. The molecule has 2 rings (SSSR count). The maximum absolute atomic E-state index is 8.52. The third-order valence-corrected chi connectivity index (χ3v) is 1.66. The smallest absolute Gasteiger partial charge is 0.759 e. The van der Waals surface area contributed by atoms with Gasteiger partial charge in [0, 0.05) is 10.4 Å². The standard InChI is InChI=1S/C10H8.2K.H2O4S/c1-2-6-10-8-4-3-7-9(10)5-1;;;1-5(2,3)4/h1-8H;;;(H2,1,2,3,4)/q;2*+1;/p-2. The fourth-order valence-corrected chi connectivity index (χ4v) is 1.13. The van der Waals surface area contributed by atoms with Crippen LogP contribution in [0.5, 0.6) is 0 Å². The van der Waals surface area contributed by atoms with E-state index in [1.54, 1.807) is 0 Å². The molecule has 0 bridgehead atoms. The molecule has 4 nitrogen and oxygen atoms in total. The van der Waals surface area contributed by atoms with Crippen LogP contribution in [0.4, 0.5) is 0 Å². The Morgan fingerprint density at radius 2 is 0.882 bits per heavy atom. The van der Waals surface area contributed by atoms with E-state index < -0.39 is 10.4 Å². The van der Waals surface area contributed by atoms with E-state index in [-0.39, 0.29) is 103 Å². The molecular weight excluding hydrogens is 294 g/mol. The Labute approximate surface area is 186 Å².